The molecule has 0 bridgehead atoms. The van der Waals surface area contributed by atoms with Crippen molar-refractivity contribution in [1.82, 2.24) is 40.4 Å². The van der Waals surface area contributed by atoms with Crippen LogP contribution in [0.15, 0.2) is 10.3 Å². The molecule has 0 aliphatic carbocycles. The summed E-state index contributed by atoms with van der Waals surface area (Å²) in [4.78, 5) is 0. The number of aromatic nitrogens is 8. The lowest BCUT2D eigenvalue weighted by atomic mass is 10.4. The van der Waals surface area contributed by atoms with Crippen molar-refractivity contribution in [3.63, 3.8) is 0 Å². The molecule has 1 unspecified atom stereocenters. The largest absolute Gasteiger partial charge is 0.224 e. The minimum absolute atomic E-state index is 0.448. The van der Waals surface area contributed by atoms with Crippen molar-refractivity contribution in [3.05, 3.63) is 0 Å². The maximum absolute atomic E-state index is 3.95. The molecule has 18 heavy (non-hydrogen) atoms. The van der Waals surface area contributed by atoms with Gasteiger partial charge < -0.3 is 0 Å². The molecule has 0 aliphatic heterocycles. The number of hydrogen-bond acceptors (Lipinski definition) is 8. The highest BCUT2D eigenvalue weighted by atomic mass is 32.2. The van der Waals surface area contributed by atoms with Gasteiger partial charge in [0.05, 0.1) is 0 Å². The molecule has 8 nitrogen and oxygen atoms in total. The third-order valence-electron chi connectivity index (χ3n) is 2.22. The minimum atomic E-state index is 0.448. The van der Waals surface area contributed by atoms with E-state index in [0.717, 1.165) is 22.5 Å². The maximum atomic E-state index is 3.95. The molecule has 0 saturated carbocycles. The van der Waals surface area contributed by atoms with Gasteiger partial charge in [0.15, 0.2) is 0 Å². The molecule has 0 saturated heterocycles. The van der Waals surface area contributed by atoms with Crippen LogP contribution in [0.1, 0.15) is 13.3 Å². The summed E-state index contributed by atoms with van der Waals surface area (Å²) in [5.74, 6) is 0.966. The van der Waals surface area contributed by atoms with Gasteiger partial charge in [-0.15, -0.1) is 10.2 Å². The van der Waals surface area contributed by atoms with E-state index in [0.29, 0.717) is 5.25 Å². The molecule has 0 fully saturated rings. The van der Waals surface area contributed by atoms with Crippen LogP contribution in [0.4, 0.5) is 0 Å². The third kappa shape index (κ3) is 3.42. The first-order chi connectivity index (χ1) is 8.66. The molecule has 2 heterocycles. The number of thioether (sulfide) groups is 2. The zero-order chi connectivity index (χ0) is 13.0. The Labute approximate surface area is 113 Å². The molecule has 98 valence electrons. The van der Waals surface area contributed by atoms with Crippen LogP contribution in [-0.2, 0) is 14.1 Å². The minimum Gasteiger partial charge on any atom is -0.224 e. The molecule has 1 atom stereocenters. The van der Waals surface area contributed by atoms with Crippen LogP contribution in [0.25, 0.3) is 0 Å². The zero-order valence-electron chi connectivity index (χ0n) is 10.4. The number of nitrogens with zero attached hydrogens (tertiary/aromatic N) is 8. The first-order valence-electron chi connectivity index (χ1n) is 5.41. The van der Waals surface area contributed by atoms with Gasteiger partial charge in [-0.1, -0.05) is 30.4 Å². The standard InChI is InChI=1S/C8H14N8S2/c1-6(18-8-10-12-14-16(8)3)4-5-17-7-9-11-13-15(7)2/h6H,4-5H2,1-3H3. The Bertz CT molecular complexity index is 495. The molecule has 0 aromatic carbocycles. The van der Waals surface area contributed by atoms with Crippen LogP contribution in [0, 0.1) is 0 Å². The van der Waals surface area contributed by atoms with Gasteiger partial charge in [0.1, 0.15) is 0 Å². The number of tetrazole rings is 2. The summed E-state index contributed by atoms with van der Waals surface area (Å²) in [6.45, 7) is 2.16. The van der Waals surface area contributed by atoms with Gasteiger partial charge in [-0.2, -0.15) is 0 Å². The summed E-state index contributed by atoms with van der Waals surface area (Å²) in [6.07, 6.45) is 1.04. The summed E-state index contributed by atoms with van der Waals surface area (Å²) in [5, 5.41) is 24.8. The smallest absolute Gasteiger partial charge is 0.209 e. The first kappa shape index (κ1) is 13.3. The number of aryl methyl sites for hydroxylation is 2. The summed E-state index contributed by atoms with van der Waals surface area (Å²) in [7, 11) is 3.68. The van der Waals surface area contributed by atoms with Crippen LogP contribution in [0.5, 0.6) is 0 Å². The summed E-state index contributed by atoms with van der Waals surface area (Å²) in [6, 6.07) is 0. The molecule has 0 spiro atoms. The van der Waals surface area contributed by atoms with Gasteiger partial charge in [0, 0.05) is 25.1 Å². The second-order valence-corrected chi connectivity index (χ2v) is 6.20. The predicted molar refractivity (Wildman–Crippen MR) is 68.3 cm³/mol. The predicted octanol–water partition coefficient (Wildman–Crippen LogP) is 0.397. The topological polar surface area (TPSA) is 87.2 Å². The lowest BCUT2D eigenvalue weighted by Gasteiger charge is -2.08. The Morgan fingerprint density at radius 1 is 1.06 bits per heavy atom. The van der Waals surface area contributed by atoms with Crippen molar-refractivity contribution in [2.45, 2.75) is 28.9 Å². The molecule has 10 heteroatoms. The molecule has 2 aromatic heterocycles. The molecule has 0 N–H and O–H groups in total. The maximum Gasteiger partial charge on any atom is 0.209 e. The Balaban J connectivity index is 1.74. The second kappa shape index (κ2) is 6.14. The first-order valence-corrected chi connectivity index (χ1v) is 7.27. The van der Waals surface area contributed by atoms with Crippen molar-refractivity contribution in [3.8, 4) is 0 Å². The molecule has 2 rings (SSSR count). The van der Waals surface area contributed by atoms with E-state index in [9.17, 15) is 0 Å². The Morgan fingerprint density at radius 3 is 2.22 bits per heavy atom. The van der Waals surface area contributed by atoms with Gasteiger partial charge in [-0.05, 0) is 27.3 Å². The van der Waals surface area contributed by atoms with Gasteiger partial charge in [-0.3, -0.25) is 0 Å². The van der Waals surface area contributed by atoms with Gasteiger partial charge in [0.2, 0.25) is 10.3 Å². The molecule has 0 aliphatic rings. The lowest BCUT2D eigenvalue weighted by Crippen LogP contribution is -2.02. The number of rotatable bonds is 6. The van der Waals surface area contributed by atoms with E-state index in [1.165, 1.54) is 0 Å². The van der Waals surface area contributed by atoms with Crippen LogP contribution in [0.2, 0.25) is 0 Å². The molecular formula is C8H14N8S2. The average Bonchev–Trinajstić information content (AvgIpc) is 2.90. The van der Waals surface area contributed by atoms with E-state index in [-0.39, 0.29) is 0 Å². The van der Waals surface area contributed by atoms with Gasteiger partial charge in [-0.25, -0.2) is 9.36 Å². The normalized spacial score (nSPS) is 12.8. The van der Waals surface area contributed by atoms with Crippen LogP contribution in [-0.4, -0.2) is 51.4 Å². The fourth-order valence-electron chi connectivity index (χ4n) is 1.22. The van der Waals surface area contributed by atoms with E-state index < -0.39 is 0 Å². The summed E-state index contributed by atoms with van der Waals surface area (Å²) < 4.78 is 3.36. The summed E-state index contributed by atoms with van der Waals surface area (Å²) >= 11 is 3.33. The fourth-order valence-corrected chi connectivity index (χ4v) is 3.21. The SMILES string of the molecule is CC(CCSc1nnnn1C)Sc1nnnn1C. The second-order valence-electron chi connectivity index (χ2n) is 3.74. The van der Waals surface area contributed by atoms with Crippen molar-refractivity contribution >= 4 is 23.5 Å². The van der Waals surface area contributed by atoms with E-state index in [2.05, 4.69) is 38.0 Å². The lowest BCUT2D eigenvalue weighted by molar-refractivity contribution is 0.662. The van der Waals surface area contributed by atoms with E-state index in [4.69, 9.17) is 0 Å². The fraction of sp³-hybridized carbons (Fsp3) is 0.750. The van der Waals surface area contributed by atoms with E-state index in [1.807, 2.05) is 14.1 Å². The quantitative estimate of drug-likeness (QED) is 0.705. The Morgan fingerprint density at radius 2 is 1.67 bits per heavy atom. The van der Waals surface area contributed by atoms with Gasteiger partial charge in [0.25, 0.3) is 0 Å². The van der Waals surface area contributed by atoms with Crippen LogP contribution >= 0.6 is 23.5 Å². The zero-order valence-corrected chi connectivity index (χ0v) is 12.0. The summed E-state index contributed by atoms with van der Waals surface area (Å²) in [5.41, 5.74) is 0. The molecular weight excluding hydrogens is 272 g/mol. The monoisotopic (exact) mass is 286 g/mol. The highest BCUT2D eigenvalue weighted by Crippen LogP contribution is 2.24. The van der Waals surface area contributed by atoms with E-state index in [1.54, 1.807) is 32.9 Å². The van der Waals surface area contributed by atoms with Crippen molar-refractivity contribution in [2.75, 3.05) is 5.75 Å². The van der Waals surface area contributed by atoms with Crippen molar-refractivity contribution in [2.24, 2.45) is 14.1 Å². The third-order valence-corrected chi connectivity index (χ3v) is 4.46. The highest BCUT2D eigenvalue weighted by molar-refractivity contribution is 8.00. The van der Waals surface area contributed by atoms with Crippen molar-refractivity contribution < 1.29 is 0 Å². The number of hydrogen-bond donors (Lipinski definition) is 0. The Kier molecular flexibility index (Phi) is 4.53. The van der Waals surface area contributed by atoms with Gasteiger partial charge >= 0.3 is 0 Å². The van der Waals surface area contributed by atoms with Crippen LogP contribution in [0.3, 0.4) is 0 Å². The highest BCUT2D eigenvalue weighted by Gasteiger charge is 2.11. The molecule has 0 amide bonds. The van der Waals surface area contributed by atoms with Crippen molar-refractivity contribution in [1.29, 1.82) is 0 Å². The molecule has 2 aromatic rings. The molecule has 0 radical (unpaired) electrons. The van der Waals surface area contributed by atoms with Crippen LogP contribution < -0.4 is 0 Å². The Hall–Kier alpha value is -1.16. The average molecular weight is 286 g/mol. The van der Waals surface area contributed by atoms with E-state index >= 15 is 0 Å².